The van der Waals surface area contributed by atoms with Gasteiger partial charge in [-0.3, -0.25) is 0 Å². The Morgan fingerprint density at radius 2 is 1.87 bits per heavy atom. The number of carbonyl (C=O) groups excluding carboxylic acids is 1. The highest BCUT2D eigenvalue weighted by Gasteiger charge is 2.30. The van der Waals surface area contributed by atoms with Gasteiger partial charge < -0.3 is 10.2 Å². The maximum absolute atomic E-state index is 12.8. The van der Waals surface area contributed by atoms with E-state index in [2.05, 4.69) is 42.6 Å². The first-order chi connectivity index (χ1) is 11.0. The van der Waals surface area contributed by atoms with Gasteiger partial charge in [-0.1, -0.05) is 42.0 Å². The zero-order chi connectivity index (χ0) is 16.4. The number of nitrogens with zero attached hydrogens (tertiary/aromatic N) is 1. The molecule has 120 valence electrons. The van der Waals surface area contributed by atoms with Crippen molar-refractivity contribution in [1.82, 2.24) is 4.90 Å². The lowest BCUT2D eigenvalue weighted by atomic mass is 10.0. The molecule has 0 spiro atoms. The fourth-order valence-electron chi connectivity index (χ4n) is 3.29. The quantitative estimate of drug-likeness (QED) is 0.833. The average molecular weight is 308 g/mol. The SMILES string of the molecule is Cc1cccc([C@@H]2CCCN2C(=O)Nc2cc(C)ccc2C)c1. The monoisotopic (exact) mass is 308 g/mol. The van der Waals surface area contributed by atoms with E-state index in [9.17, 15) is 4.79 Å². The van der Waals surface area contributed by atoms with Crippen molar-refractivity contribution in [1.29, 1.82) is 0 Å². The molecule has 1 heterocycles. The first kappa shape index (κ1) is 15.6. The molecule has 2 amide bonds. The molecule has 2 aromatic carbocycles. The van der Waals surface area contributed by atoms with Gasteiger partial charge in [0.05, 0.1) is 6.04 Å². The lowest BCUT2D eigenvalue weighted by Crippen LogP contribution is -2.34. The van der Waals surface area contributed by atoms with E-state index in [-0.39, 0.29) is 12.1 Å². The summed E-state index contributed by atoms with van der Waals surface area (Å²) in [4.78, 5) is 14.7. The van der Waals surface area contributed by atoms with Crippen molar-refractivity contribution in [2.24, 2.45) is 0 Å². The molecule has 0 saturated carbocycles. The fraction of sp³-hybridized carbons (Fsp3) is 0.350. The molecule has 0 aliphatic carbocycles. The predicted octanol–water partition coefficient (Wildman–Crippen LogP) is 4.98. The third kappa shape index (κ3) is 3.39. The molecule has 0 radical (unpaired) electrons. The van der Waals surface area contributed by atoms with Crippen molar-refractivity contribution in [3.8, 4) is 0 Å². The van der Waals surface area contributed by atoms with E-state index >= 15 is 0 Å². The van der Waals surface area contributed by atoms with Crippen molar-refractivity contribution < 1.29 is 4.79 Å². The first-order valence-electron chi connectivity index (χ1n) is 8.26. The number of hydrogen-bond donors (Lipinski definition) is 1. The number of carbonyl (C=O) groups is 1. The highest BCUT2D eigenvalue weighted by molar-refractivity contribution is 5.90. The smallest absolute Gasteiger partial charge is 0.317 e. The van der Waals surface area contributed by atoms with E-state index in [1.54, 1.807) is 0 Å². The minimum Gasteiger partial charge on any atom is -0.317 e. The summed E-state index contributed by atoms with van der Waals surface area (Å²) >= 11 is 0. The number of rotatable bonds is 2. The molecule has 0 aromatic heterocycles. The number of aryl methyl sites for hydroxylation is 3. The van der Waals surface area contributed by atoms with Crippen LogP contribution in [0.3, 0.4) is 0 Å². The Morgan fingerprint density at radius 1 is 1.09 bits per heavy atom. The number of urea groups is 1. The normalized spacial score (nSPS) is 17.3. The summed E-state index contributed by atoms with van der Waals surface area (Å²) in [7, 11) is 0. The van der Waals surface area contributed by atoms with E-state index in [0.717, 1.165) is 36.2 Å². The third-order valence-corrected chi connectivity index (χ3v) is 4.58. The van der Waals surface area contributed by atoms with E-state index in [0.29, 0.717) is 0 Å². The molecule has 3 nitrogen and oxygen atoms in total. The second-order valence-corrected chi connectivity index (χ2v) is 6.51. The lowest BCUT2D eigenvalue weighted by molar-refractivity contribution is 0.207. The van der Waals surface area contributed by atoms with Gasteiger partial charge in [0, 0.05) is 12.2 Å². The van der Waals surface area contributed by atoms with Gasteiger partial charge in [0.1, 0.15) is 0 Å². The van der Waals surface area contributed by atoms with E-state index in [1.165, 1.54) is 11.1 Å². The Kier molecular flexibility index (Phi) is 4.37. The minimum absolute atomic E-state index is 0.00251. The zero-order valence-corrected chi connectivity index (χ0v) is 14.1. The molecule has 3 heteroatoms. The van der Waals surface area contributed by atoms with Gasteiger partial charge >= 0.3 is 6.03 Å². The lowest BCUT2D eigenvalue weighted by Gasteiger charge is -2.26. The van der Waals surface area contributed by atoms with Crippen LogP contribution in [0.2, 0.25) is 0 Å². The Labute approximate surface area is 138 Å². The summed E-state index contributed by atoms with van der Waals surface area (Å²) in [6.07, 6.45) is 2.09. The summed E-state index contributed by atoms with van der Waals surface area (Å²) in [6, 6.07) is 14.8. The highest BCUT2D eigenvalue weighted by Crippen LogP contribution is 2.33. The first-order valence-corrected chi connectivity index (χ1v) is 8.26. The molecular weight excluding hydrogens is 284 g/mol. The van der Waals surface area contributed by atoms with E-state index < -0.39 is 0 Å². The molecule has 1 N–H and O–H groups in total. The minimum atomic E-state index is 0.00251. The highest BCUT2D eigenvalue weighted by atomic mass is 16.2. The van der Waals surface area contributed by atoms with Gasteiger partial charge in [0.15, 0.2) is 0 Å². The summed E-state index contributed by atoms with van der Waals surface area (Å²) in [6.45, 7) is 6.98. The van der Waals surface area contributed by atoms with Crippen molar-refractivity contribution in [2.75, 3.05) is 11.9 Å². The van der Waals surface area contributed by atoms with Crippen LogP contribution in [-0.2, 0) is 0 Å². The molecule has 1 fully saturated rings. The molecule has 23 heavy (non-hydrogen) atoms. The molecule has 1 aliphatic rings. The molecule has 1 saturated heterocycles. The van der Waals surface area contributed by atoms with Crippen LogP contribution in [-0.4, -0.2) is 17.5 Å². The van der Waals surface area contributed by atoms with Gasteiger partial charge in [-0.05, 0) is 56.4 Å². The van der Waals surface area contributed by atoms with Gasteiger partial charge in [-0.25, -0.2) is 4.79 Å². The predicted molar refractivity (Wildman–Crippen MR) is 94.8 cm³/mol. The summed E-state index contributed by atoms with van der Waals surface area (Å²) in [5.74, 6) is 0. The van der Waals surface area contributed by atoms with E-state index in [1.807, 2.05) is 30.9 Å². The van der Waals surface area contributed by atoms with Crippen molar-refractivity contribution >= 4 is 11.7 Å². The Hall–Kier alpha value is -2.29. The fourth-order valence-corrected chi connectivity index (χ4v) is 3.29. The largest absolute Gasteiger partial charge is 0.322 e. The van der Waals surface area contributed by atoms with Gasteiger partial charge in [0.2, 0.25) is 0 Å². The summed E-state index contributed by atoms with van der Waals surface area (Å²) < 4.78 is 0. The number of likely N-dealkylation sites (tertiary alicyclic amines) is 1. The van der Waals surface area contributed by atoms with Crippen LogP contribution < -0.4 is 5.32 Å². The maximum atomic E-state index is 12.8. The van der Waals surface area contributed by atoms with Crippen LogP contribution in [0.5, 0.6) is 0 Å². The van der Waals surface area contributed by atoms with E-state index in [4.69, 9.17) is 0 Å². The Bertz CT molecular complexity index is 723. The van der Waals surface area contributed by atoms with Crippen LogP contribution >= 0.6 is 0 Å². The molecule has 1 aliphatic heterocycles. The average Bonchev–Trinajstić information content (AvgIpc) is 3.00. The number of benzene rings is 2. The summed E-state index contributed by atoms with van der Waals surface area (Å²) in [5, 5.41) is 3.09. The van der Waals surface area contributed by atoms with Crippen LogP contribution in [0.1, 0.15) is 41.1 Å². The van der Waals surface area contributed by atoms with Crippen LogP contribution in [0.4, 0.5) is 10.5 Å². The number of anilines is 1. The van der Waals surface area contributed by atoms with Crippen molar-refractivity contribution in [2.45, 2.75) is 39.7 Å². The van der Waals surface area contributed by atoms with Gasteiger partial charge in [-0.15, -0.1) is 0 Å². The van der Waals surface area contributed by atoms with Gasteiger partial charge in [0.25, 0.3) is 0 Å². The molecule has 1 atom stereocenters. The van der Waals surface area contributed by atoms with Crippen LogP contribution in [0.15, 0.2) is 42.5 Å². The molecule has 2 aromatic rings. The van der Waals surface area contributed by atoms with Crippen LogP contribution in [0, 0.1) is 20.8 Å². The molecular formula is C20H24N2O. The van der Waals surface area contributed by atoms with Gasteiger partial charge in [-0.2, -0.15) is 0 Å². The van der Waals surface area contributed by atoms with Crippen LogP contribution in [0.25, 0.3) is 0 Å². The zero-order valence-electron chi connectivity index (χ0n) is 14.1. The maximum Gasteiger partial charge on any atom is 0.322 e. The van der Waals surface area contributed by atoms with Crippen molar-refractivity contribution in [3.05, 3.63) is 64.7 Å². The number of nitrogens with one attached hydrogen (secondary N) is 1. The third-order valence-electron chi connectivity index (χ3n) is 4.58. The van der Waals surface area contributed by atoms with Crippen molar-refractivity contribution in [3.63, 3.8) is 0 Å². The Morgan fingerprint density at radius 3 is 2.65 bits per heavy atom. The second kappa shape index (κ2) is 6.45. The number of amides is 2. The molecule has 3 rings (SSSR count). The molecule has 0 unspecified atom stereocenters. The standard InChI is InChI=1S/C20H24N2O/c1-14-6-4-7-17(12-14)19-8-5-11-22(19)20(23)21-18-13-15(2)9-10-16(18)3/h4,6-7,9-10,12-13,19H,5,8,11H2,1-3H3,(H,21,23)/t19-/m0/s1. The number of hydrogen-bond acceptors (Lipinski definition) is 1. The second-order valence-electron chi connectivity index (χ2n) is 6.51. The summed E-state index contributed by atoms with van der Waals surface area (Å²) in [5.41, 5.74) is 5.63. The topological polar surface area (TPSA) is 32.3 Å². The molecule has 0 bridgehead atoms. The Balaban J connectivity index is 1.79.